The minimum absolute atomic E-state index is 0.0114. The Labute approximate surface area is 148 Å². The highest BCUT2D eigenvalue weighted by Crippen LogP contribution is 2.23. The van der Waals surface area contributed by atoms with Gasteiger partial charge in [-0.05, 0) is 18.4 Å². The number of carbonyl (C=O) groups excluding carboxylic acids is 2. The fourth-order valence-electron chi connectivity index (χ4n) is 2.41. The number of aliphatic imine (C=N–C) groups is 1. The molecule has 5 heteroatoms. The van der Waals surface area contributed by atoms with Gasteiger partial charge in [-0.2, -0.15) is 0 Å². The van der Waals surface area contributed by atoms with E-state index in [-0.39, 0.29) is 12.2 Å². The van der Waals surface area contributed by atoms with Gasteiger partial charge in [-0.25, -0.2) is 9.79 Å². The van der Waals surface area contributed by atoms with Crippen LogP contribution in [0.25, 0.3) is 10.8 Å². The van der Waals surface area contributed by atoms with Crippen LogP contribution in [-0.4, -0.2) is 31.2 Å². The summed E-state index contributed by atoms with van der Waals surface area (Å²) < 4.78 is 5.32. The van der Waals surface area contributed by atoms with Crippen LogP contribution in [0.1, 0.15) is 27.2 Å². The fraction of sp³-hybridized carbons (Fsp3) is 0.350. The van der Waals surface area contributed by atoms with Gasteiger partial charge in [-0.15, -0.1) is 0 Å². The second kappa shape index (κ2) is 8.53. The number of carbonyl (C=O) groups is 2. The van der Waals surface area contributed by atoms with E-state index in [0.29, 0.717) is 18.9 Å². The summed E-state index contributed by atoms with van der Waals surface area (Å²) in [6.45, 7) is 6.47. The summed E-state index contributed by atoms with van der Waals surface area (Å²) in [7, 11) is 0. The van der Waals surface area contributed by atoms with Crippen LogP contribution in [0.2, 0.25) is 0 Å². The van der Waals surface area contributed by atoms with Crippen molar-refractivity contribution in [1.29, 1.82) is 0 Å². The molecule has 0 spiro atoms. The summed E-state index contributed by atoms with van der Waals surface area (Å²) >= 11 is 0. The first-order valence-corrected chi connectivity index (χ1v) is 8.36. The first-order chi connectivity index (χ1) is 11.9. The fourth-order valence-corrected chi connectivity index (χ4v) is 2.41. The smallest absolute Gasteiger partial charge is 0.345 e. The molecule has 2 aromatic rings. The number of ether oxygens (including phenoxy) is 1. The number of nitrogens with one attached hydrogen (secondary N) is 1. The Hall–Kier alpha value is -2.53. The molecule has 0 heterocycles. The number of anilines is 1. The topological polar surface area (TPSA) is 67.8 Å². The van der Waals surface area contributed by atoms with Crippen LogP contribution < -0.4 is 5.32 Å². The van der Waals surface area contributed by atoms with Crippen molar-refractivity contribution < 1.29 is 14.3 Å². The Bertz CT molecular complexity index is 776. The Balaban J connectivity index is 1.95. The molecule has 2 rings (SSSR count). The van der Waals surface area contributed by atoms with Crippen LogP contribution in [0.5, 0.6) is 0 Å². The summed E-state index contributed by atoms with van der Waals surface area (Å²) in [5, 5.41) is 4.74. The van der Waals surface area contributed by atoms with Crippen LogP contribution in [0.15, 0.2) is 47.5 Å². The molecule has 25 heavy (non-hydrogen) atoms. The summed E-state index contributed by atoms with van der Waals surface area (Å²) in [4.78, 5) is 28.0. The number of fused-ring (bicyclic) bond motifs is 1. The maximum absolute atomic E-state index is 12.2. The summed E-state index contributed by atoms with van der Waals surface area (Å²) in [6, 6.07) is 13.0. The second-order valence-corrected chi connectivity index (χ2v) is 6.42. The number of nitrogens with zero attached hydrogens (tertiary/aromatic N) is 1. The van der Waals surface area contributed by atoms with Crippen molar-refractivity contribution in [2.24, 2.45) is 10.4 Å². The minimum atomic E-state index is -0.589. The van der Waals surface area contributed by atoms with E-state index in [1.807, 2.05) is 63.2 Å². The van der Waals surface area contributed by atoms with Gasteiger partial charge >= 0.3 is 6.03 Å². The standard InChI is InChI=1S/C20H24N2O3/c1-4-25-14-20(2,3)18(23)12-13-21-19(24)22-17-11-7-9-15-8-5-6-10-16(15)17/h5-11,13H,4,12,14H2,1-3H3,(H,22,24). The Kier molecular flexibility index (Phi) is 6.42. The van der Waals surface area contributed by atoms with E-state index in [0.717, 1.165) is 10.8 Å². The molecule has 1 N–H and O–H groups in total. The van der Waals surface area contributed by atoms with Crippen molar-refractivity contribution in [2.45, 2.75) is 27.2 Å². The first-order valence-electron chi connectivity index (χ1n) is 8.36. The lowest BCUT2D eigenvalue weighted by Gasteiger charge is -2.21. The van der Waals surface area contributed by atoms with Gasteiger partial charge in [0, 0.05) is 30.0 Å². The third-order valence-electron chi connectivity index (χ3n) is 3.94. The lowest BCUT2D eigenvalue weighted by molar-refractivity contribution is -0.128. The van der Waals surface area contributed by atoms with Crippen molar-refractivity contribution in [3.63, 3.8) is 0 Å². The van der Waals surface area contributed by atoms with E-state index < -0.39 is 11.4 Å². The monoisotopic (exact) mass is 340 g/mol. The second-order valence-electron chi connectivity index (χ2n) is 6.42. The number of Topliss-reactive ketones (excluding diaryl/α,β-unsaturated/α-hetero) is 1. The van der Waals surface area contributed by atoms with Gasteiger partial charge in [0.25, 0.3) is 0 Å². The molecule has 2 amide bonds. The van der Waals surface area contributed by atoms with Crippen molar-refractivity contribution in [1.82, 2.24) is 0 Å². The SMILES string of the molecule is CCOCC(C)(C)C(=O)CC=NC(=O)Nc1cccc2ccccc12. The molecule has 0 saturated heterocycles. The number of rotatable bonds is 7. The Morgan fingerprint density at radius 1 is 1.16 bits per heavy atom. The van der Waals surface area contributed by atoms with Crippen molar-refractivity contribution in [2.75, 3.05) is 18.5 Å². The number of hydrogen-bond acceptors (Lipinski definition) is 3. The average molecular weight is 340 g/mol. The van der Waals surface area contributed by atoms with E-state index in [4.69, 9.17) is 4.74 Å². The highest BCUT2D eigenvalue weighted by molar-refractivity contribution is 6.05. The summed E-state index contributed by atoms with van der Waals surface area (Å²) in [5.41, 5.74) is 0.108. The van der Waals surface area contributed by atoms with Crippen LogP contribution >= 0.6 is 0 Å². The Morgan fingerprint density at radius 2 is 1.88 bits per heavy atom. The van der Waals surface area contributed by atoms with Gasteiger partial charge in [-0.3, -0.25) is 4.79 Å². The van der Waals surface area contributed by atoms with Crippen LogP contribution in [0, 0.1) is 5.41 Å². The van der Waals surface area contributed by atoms with Gasteiger partial charge in [0.1, 0.15) is 5.78 Å². The first kappa shape index (κ1) is 18.8. The number of amides is 2. The van der Waals surface area contributed by atoms with E-state index >= 15 is 0 Å². The average Bonchev–Trinajstić information content (AvgIpc) is 2.60. The van der Waals surface area contributed by atoms with Gasteiger partial charge in [0.05, 0.1) is 12.3 Å². The third-order valence-corrected chi connectivity index (χ3v) is 3.94. The van der Waals surface area contributed by atoms with E-state index in [1.54, 1.807) is 0 Å². The molecule has 5 nitrogen and oxygen atoms in total. The lowest BCUT2D eigenvalue weighted by Crippen LogP contribution is -2.30. The van der Waals surface area contributed by atoms with E-state index in [9.17, 15) is 9.59 Å². The van der Waals surface area contributed by atoms with Gasteiger partial charge < -0.3 is 10.1 Å². The van der Waals surface area contributed by atoms with Gasteiger partial charge in [0.2, 0.25) is 0 Å². The molecular formula is C20H24N2O3. The van der Waals surface area contributed by atoms with Crippen molar-refractivity contribution in [3.8, 4) is 0 Å². The predicted molar refractivity (Wildman–Crippen MR) is 101 cm³/mol. The van der Waals surface area contributed by atoms with E-state index in [1.165, 1.54) is 6.21 Å². The Morgan fingerprint density at radius 3 is 2.64 bits per heavy atom. The zero-order valence-electron chi connectivity index (χ0n) is 14.9. The summed E-state index contributed by atoms with van der Waals surface area (Å²) in [5.74, 6) is -0.0114. The number of urea groups is 1. The number of benzene rings is 2. The maximum Gasteiger partial charge on any atom is 0.345 e. The molecule has 0 aliphatic carbocycles. The van der Waals surface area contributed by atoms with Gasteiger partial charge in [-0.1, -0.05) is 50.2 Å². The van der Waals surface area contributed by atoms with Crippen LogP contribution in [0.4, 0.5) is 10.5 Å². The molecule has 0 aliphatic heterocycles. The molecule has 0 aliphatic rings. The van der Waals surface area contributed by atoms with E-state index in [2.05, 4.69) is 10.3 Å². The highest BCUT2D eigenvalue weighted by Gasteiger charge is 2.26. The molecular weight excluding hydrogens is 316 g/mol. The van der Waals surface area contributed by atoms with Crippen molar-refractivity contribution >= 4 is 34.5 Å². The molecule has 132 valence electrons. The van der Waals surface area contributed by atoms with Crippen LogP contribution in [-0.2, 0) is 9.53 Å². The molecule has 0 fully saturated rings. The third kappa shape index (κ3) is 5.22. The molecule has 0 radical (unpaired) electrons. The number of ketones is 1. The normalized spacial score (nSPS) is 11.8. The quantitative estimate of drug-likeness (QED) is 0.756. The van der Waals surface area contributed by atoms with Gasteiger partial charge in [0.15, 0.2) is 0 Å². The maximum atomic E-state index is 12.2. The number of hydrogen-bond donors (Lipinski definition) is 1. The molecule has 0 atom stereocenters. The zero-order valence-corrected chi connectivity index (χ0v) is 14.9. The molecule has 0 bridgehead atoms. The van der Waals surface area contributed by atoms with Crippen LogP contribution in [0.3, 0.4) is 0 Å². The minimum Gasteiger partial charge on any atom is -0.381 e. The highest BCUT2D eigenvalue weighted by atomic mass is 16.5. The molecule has 0 saturated carbocycles. The lowest BCUT2D eigenvalue weighted by atomic mass is 9.87. The molecule has 0 unspecified atom stereocenters. The summed E-state index contributed by atoms with van der Waals surface area (Å²) in [6.07, 6.45) is 1.46. The largest absolute Gasteiger partial charge is 0.381 e. The molecule has 0 aromatic heterocycles. The zero-order chi connectivity index (χ0) is 18.3. The van der Waals surface area contributed by atoms with Crippen molar-refractivity contribution in [3.05, 3.63) is 42.5 Å². The molecule has 2 aromatic carbocycles. The predicted octanol–water partition coefficient (Wildman–Crippen LogP) is 4.46.